The van der Waals surface area contributed by atoms with Crippen LogP contribution in [0.3, 0.4) is 0 Å². The van der Waals surface area contributed by atoms with E-state index in [2.05, 4.69) is 81.4 Å². The molecule has 0 bridgehead atoms. The van der Waals surface area contributed by atoms with E-state index in [0.29, 0.717) is 12.9 Å². The van der Waals surface area contributed by atoms with Crippen molar-refractivity contribution in [2.45, 2.75) is 40.4 Å². The van der Waals surface area contributed by atoms with Gasteiger partial charge in [0.2, 0.25) is 7.28 Å². The standard InChI is InChI=1S/C28H30BNO/c1-18(2)26-9-7-24(14-21(26)5)16-29-28(31)22(6)11-19(3)12-23-8-10-27-25(15-23)13-20(4)17-30-27/h7-11,13-15,17,29H,1,6,12,16H2,2-5H3/b19-11+. The fourth-order valence-electron chi connectivity index (χ4n) is 3.93. The molecule has 0 atom stereocenters. The van der Waals surface area contributed by atoms with Gasteiger partial charge in [0.25, 0.3) is 0 Å². The maximum atomic E-state index is 12.6. The van der Waals surface area contributed by atoms with Gasteiger partial charge in [-0.3, -0.25) is 4.98 Å². The van der Waals surface area contributed by atoms with Gasteiger partial charge in [-0.05, 0) is 86.5 Å². The zero-order chi connectivity index (χ0) is 22.5. The second-order valence-electron chi connectivity index (χ2n) is 8.59. The van der Waals surface area contributed by atoms with Gasteiger partial charge in [-0.25, -0.2) is 0 Å². The Hall–Kier alpha value is -3.20. The lowest BCUT2D eigenvalue weighted by atomic mass is 9.65. The summed E-state index contributed by atoms with van der Waals surface area (Å²) in [5, 5.41) is 1.15. The molecule has 0 amide bonds. The first-order valence-electron chi connectivity index (χ1n) is 10.7. The Balaban J connectivity index is 1.61. The molecule has 3 aromatic rings. The molecule has 0 aliphatic carbocycles. The van der Waals surface area contributed by atoms with E-state index in [1.807, 2.05) is 19.2 Å². The van der Waals surface area contributed by atoms with E-state index >= 15 is 0 Å². The number of carbonyl (C=O) groups is 1. The number of rotatable bonds is 8. The SMILES string of the molecule is C=C(/C=C(\C)Cc1ccc2ncc(C)cc2c1)C(=O)BCc1ccc(C(=C)C)c(C)c1. The summed E-state index contributed by atoms with van der Waals surface area (Å²) in [6, 6.07) is 14.8. The van der Waals surface area contributed by atoms with Gasteiger partial charge in [-0.2, -0.15) is 0 Å². The van der Waals surface area contributed by atoms with Crippen molar-refractivity contribution in [3.8, 4) is 0 Å². The molecular formula is C28H30BNO. The molecule has 3 rings (SSSR count). The van der Waals surface area contributed by atoms with Crippen LogP contribution in [0.25, 0.3) is 16.5 Å². The molecule has 2 aromatic carbocycles. The highest BCUT2D eigenvalue weighted by Crippen LogP contribution is 2.20. The number of pyridine rings is 1. The molecule has 0 N–H and O–H groups in total. The Morgan fingerprint density at radius 1 is 1.03 bits per heavy atom. The summed E-state index contributed by atoms with van der Waals surface area (Å²) in [7, 11) is 0.468. The molecule has 1 heterocycles. The van der Waals surface area contributed by atoms with Gasteiger partial charge in [0, 0.05) is 11.6 Å². The largest absolute Gasteiger partial charge is 0.306 e. The number of hydrogen-bond donors (Lipinski definition) is 0. The molecule has 156 valence electrons. The monoisotopic (exact) mass is 407 g/mol. The molecule has 3 heteroatoms. The minimum Gasteiger partial charge on any atom is -0.306 e. The lowest BCUT2D eigenvalue weighted by Gasteiger charge is -2.08. The van der Waals surface area contributed by atoms with Crippen LogP contribution in [0.1, 0.15) is 41.7 Å². The van der Waals surface area contributed by atoms with Crippen molar-refractivity contribution in [2.24, 2.45) is 0 Å². The lowest BCUT2D eigenvalue weighted by Crippen LogP contribution is -2.13. The van der Waals surface area contributed by atoms with Crippen molar-refractivity contribution in [2.75, 3.05) is 0 Å². The molecule has 0 saturated heterocycles. The average Bonchev–Trinajstić information content (AvgIpc) is 2.71. The summed E-state index contributed by atoms with van der Waals surface area (Å²) in [5.74, 6) is 0. The van der Waals surface area contributed by atoms with Crippen LogP contribution in [0.4, 0.5) is 0 Å². The topological polar surface area (TPSA) is 30.0 Å². The highest BCUT2D eigenvalue weighted by Gasteiger charge is 2.10. The summed E-state index contributed by atoms with van der Waals surface area (Å²) in [6.07, 6.45) is 5.33. The third-order valence-corrected chi connectivity index (χ3v) is 5.54. The van der Waals surface area contributed by atoms with Crippen molar-refractivity contribution in [3.05, 3.63) is 107 Å². The molecule has 0 saturated carbocycles. The van der Waals surface area contributed by atoms with E-state index in [0.717, 1.165) is 40.4 Å². The number of allylic oxidation sites excluding steroid dienone is 4. The summed E-state index contributed by atoms with van der Waals surface area (Å²) >= 11 is 0. The molecule has 31 heavy (non-hydrogen) atoms. The normalized spacial score (nSPS) is 11.4. The number of carbonyl (C=O) groups excluding carboxylic acids is 1. The second kappa shape index (κ2) is 9.74. The van der Waals surface area contributed by atoms with E-state index in [1.54, 1.807) is 0 Å². The van der Waals surface area contributed by atoms with Gasteiger partial charge in [-0.1, -0.05) is 60.2 Å². The molecule has 0 radical (unpaired) electrons. The molecule has 1 aromatic heterocycles. The van der Waals surface area contributed by atoms with E-state index in [4.69, 9.17) is 0 Å². The fourth-order valence-corrected chi connectivity index (χ4v) is 3.93. The van der Waals surface area contributed by atoms with Crippen LogP contribution < -0.4 is 0 Å². The van der Waals surface area contributed by atoms with E-state index in [9.17, 15) is 4.79 Å². The van der Waals surface area contributed by atoms with Gasteiger partial charge in [0.05, 0.1) is 5.52 Å². The minimum atomic E-state index is 0.0966. The zero-order valence-electron chi connectivity index (χ0n) is 19.1. The Bertz CT molecular complexity index is 1200. The van der Waals surface area contributed by atoms with E-state index < -0.39 is 0 Å². The van der Waals surface area contributed by atoms with Crippen molar-refractivity contribution < 1.29 is 4.79 Å². The lowest BCUT2D eigenvalue weighted by molar-refractivity contribution is -0.108. The van der Waals surface area contributed by atoms with Crippen LogP contribution >= 0.6 is 0 Å². The third kappa shape index (κ3) is 5.91. The van der Waals surface area contributed by atoms with Crippen LogP contribution in [-0.4, -0.2) is 17.9 Å². The number of benzene rings is 2. The Labute approximate surface area is 186 Å². The highest BCUT2D eigenvalue weighted by molar-refractivity contribution is 6.77. The maximum Gasteiger partial charge on any atom is 0.216 e. The molecule has 0 aliphatic rings. The summed E-state index contributed by atoms with van der Waals surface area (Å²) in [5.41, 5.74) is 9.77. The van der Waals surface area contributed by atoms with E-state index in [1.165, 1.54) is 22.3 Å². The quantitative estimate of drug-likeness (QED) is 0.257. The van der Waals surface area contributed by atoms with Gasteiger partial charge in [-0.15, -0.1) is 0 Å². The molecule has 0 spiro atoms. The molecule has 0 aliphatic heterocycles. The molecule has 0 unspecified atom stereocenters. The number of aryl methyl sites for hydroxylation is 2. The molecule has 2 nitrogen and oxygen atoms in total. The minimum absolute atomic E-state index is 0.0966. The van der Waals surface area contributed by atoms with E-state index in [-0.39, 0.29) is 5.68 Å². The smallest absolute Gasteiger partial charge is 0.216 e. The van der Waals surface area contributed by atoms with Gasteiger partial charge >= 0.3 is 0 Å². The average molecular weight is 407 g/mol. The van der Waals surface area contributed by atoms with Gasteiger partial charge in [0.1, 0.15) is 5.68 Å². The Morgan fingerprint density at radius 3 is 2.48 bits per heavy atom. The molecular weight excluding hydrogens is 377 g/mol. The number of hydrogen-bond acceptors (Lipinski definition) is 2. The van der Waals surface area contributed by atoms with Crippen LogP contribution in [0.15, 0.2) is 79.0 Å². The van der Waals surface area contributed by atoms with Crippen LogP contribution in [0, 0.1) is 13.8 Å². The first-order valence-corrected chi connectivity index (χ1v) is 10.7. The number of aromatic nitrogens is 1. The van der Waals surface area contributed by atoms with Crippen molar-refractivity contribution in [1.29, 1.82) is 0 Å². The van der Waals surface area contributed by atoms with Crippen LogP contribution in [0.2, 0.25) is 0 Å². The predicted molar refractivity (Wildman–Crippen MR) is 135 cm³/mol. The Kier molecular flexibility index (Phi) is 7.07. The van der Waals surface area contributed by atoms with Gasteiger partial charge < -0.3 is 4.79 Å². The van der Waals surface area contributed by atoms with Crippen LogP contribution in [0.5, 0.6) is 0 Å². The highest BCUT2D eigenvalue weighted by atomic mass is 16.1. The van der Waals surface area contributed by atoms with Crippen molar-refractivity contribution in [1.82, 2.24) is 4.98 Å². The van der Waals surface area contributed by atoms with Gasteiger partial charge in [0.15, 0.2) is 0 Å². The predicted octanol–water partition coefficient (Wildman–Crippen LogP) is 6.09. The fraction of sp³-hybridized carbons (Fsp3) is 0.214. The Morgan fingerprint density at radius 2 is 1.77 bits per heavy atom. The molecule has 0 fully saturated rings. The number of fused-ring (bicyclic) bond motifs is 1. The number of nitrogens with zero attached hydrogens (tertiary/aromatic N) is 1. The summed E-state index contributed by atoms with van der Waals surface area (Å²) in [6.45, 7) is 16.2. The maximum absolute atomic E-state index is 12.6. The zero-order valence-corrected chi connectivity index (χ0v) is 19.1. The summed E-state index contributed by atoms with van der Waals surface area (Å²) < 4.78 is 0. The first kappa shape index (κ1) is 22.5. The van der Waals surface area contributed by atoms with Crippen molar-refractivity contribution in [3.63, 3.8) is 0 Å². The third-order valence-electron chi connectivity index (χ3n) is 5.54. The second-order valence-corrected chi connectivity index (χ2v) is 8.59. The van der Waals surface area contributed by atoms with Crippen LogP contribution in [-0.2, 0) is 17.5 Å². The summed E-state index contributed by atoms with van der Waals surface area (Å²) in [4.78, 5) is 17.1. The first-order chi connectivity index (χ1) is 14.7. The van der Waals surface area contributed by atoms with Crippen molar-refractivity contribution >= 4 is 29.4 Å².